The lowest BCUT2D eigenvalue weighted by atomic mass is 9.99. The second-order valence-electron chi connectivity index (χ2n) is 5.80. The summed E-state index contributed by atoms with van der Waals surface area (Å²) in [6.45, 7) is 7.71. The number of nitrogens with two attached hydrogens (primary N) is 1. The summed E-state index contributed by atoms with van der Waals surface area (Å²) in [6.07, 6.45) is 2.41. The van der Waals surface area contributed by atoms with E-state index in [4.69, 9.17) is 10.5 Å². The summed E-state index contributed by atoms with van der Waals surface area (Å²) in [5, 5.41) is 0. The summed E-state index contributed by atoms with van der Waals surface area (Å²) < 4.78 is 33.7. The molecule has 0 aliphatic carbocycles. The number of nitrogens with zero attached hydrogens (tertiary/aromatic N) is 1. The number of nitrogens with one attached hydrogen (secondary N) is 1. The molecule has 20 heavy (non-hydrogen) atoms. The van der Waals surface area contributed by atoms with Crippen LogP contribution in [0.2, 0.25) is 0 Å². The summed E-state index contributed by atoms with van der Waals surface area (Å²) in [5.41, 5.74) is 5.61. The fraction of sp³-hybridized carbons (Fsp3) is 1.00. The Morgan fingerprint density at radius 2 is 2.00 bits per heavy atom. The number of hydrogen-bond donors (Lipinski definition) is 2. The van der Waals surface area contributed by atoms with E-state index in [1.54, 1.807) is 0 Å². The van der Waals surface area contributed by atoms with Gasteiger partial charge in [0.05, 0.1) is 0 Å². The number of hydrogen-bond acceptors (Lipinski definition) is 4. The molecular formula is C13H29N3O3S. The highest BCUT2D eigenvalue weighted by atomic mass is 32.2. The monoisotopic (exact) mass is 307 g/mol. The summed E-state index contributed by atoms with van der Waals surface area (Å²) in [5.74, 6) is 0.974. The van der Waals surface area contributed by atoms with Gasteiger partial charge in [-0.3, -0.25) is 0 Å². The largest absolute Gasteiger partial charge is 0.381 e. The third kappa shape index (κ3) is 6.49. The molecule has 6 nitrogen and oxygen atoms in total. The van der Waals surface area contributed by atoms with Gasteiger partial charge < -0.3 is 10.5 Å². The molecule has 0 spiro atoms. The fourth-order valence-electron chi connectivity index (χ4n) is 2.17. The molecule has 0 unspecified atom stereocenters. The molecular weight excluding hydrogens is 278 g/mol. The molecule has 1 saturated heterocycles. The van der Waals surface area contributed by atoms with Crippen molar-refractivity contribution in [2.45, 2.75) is 33.1 Å². The fourth-order valence-corrected chi connectivity index (χ4v) is 3.45. The normalized spacial score (nSPS) is 18.8. The van der Waals surface area contributed by atoms with Crippen LogP contribution in [0.15, 0.2) is 0 Å². The Labute approximate surface area is 123 Å². The van der Waals surface area contributed by atoms with Crippen molar-refractivity contribution in [1.29, 1.82) is 0 Å². The van der Waals surface area contributed by atoms with Gasteiger partial charge in [-0.2, -0.15) is 12.7 Å². The Morgan fingerprint density at radius 3 is 2.55 bits per heavy atom. The van der Waals surface area contributed by atoms with E-state index in [0.29, 0.717) is 51.0 Å². The lowest BCUT2D eigenvalue weighted by Crippen LogP contribution is -2.46. The number of piperidine rings is 1. The van der Waals surface area contributed by atoms with E-state index in [-0.39, 0.29) is 0 Å². The van der Waals surface area contributed by atoms with Crippen LogP contribution in [0.3, 0.4) is 0 Å². The highest BCUT2D eigenvalue weighted by molar-refractivity contribution is 7.87. The molecule has 0 amide bonds. The minimum Gasteiger partial charge on any atom is -0.381 e. The highest BCUT2D eigenvalue weighted by Gasteiger charge is 2.26. The molecule has 120 valence electrons. The first kappa shape index (κ1) is 17.8. The zero-order chi connectivity index (χ0) is 15.0. The summed E-state index contributed by atoms with van der Waals surface area (Å²) in [6, 6.07) is 0. The predicted molar refractivity (Wildman–Crippen MR) is 80.5 cm³/mol. The van der Waals surface area contributed by atoms with Crippen LogP contribution in [0.1, 0.15) is 33.1 Å². The molecule has 1 aliphatic heterocycles. The Kier molecular flexibility index (Phi) is 7.98. The first-order valence-corrected chi connectivity index (χ1v) is 8.92. The molecule has 3 N–H and O–H groups in total. The first-order valence-electron chi connectivity index (χ1n) is 7.48. The van der Waals surface area contributed by atoms with Crippen molar-refractivity contribution in [2.75, 3.05) is 39.4 Å². The molecule has 1 heterocycles. The third-order valence-electron chi connectivity index (χ3n) is 3.45. The van der Waals surface area contributed by atoms with Gasteiger partial charge >= 0.3 is 0 Å². The van der Waals surface area contributed by atoms with Gasteiger partial charge in [0.2, 0.25) is 0 Å². The molecule has 1 rings (SSSR count). The molecule has 0 aromatic rings. The Morgan fingerprint density at radius 1 is 1.35 bits per heavy atom. The van der Waals surface area contributed by atoms with E-state index in [1.165, 1.54) is 4.31 Å². The van der Waals surface area contributed by atoms with Gasteiger partial charge in [0.15, 0.2) is 0 Å². The lowest BCUT2D eigenvalue weighted by molar-refractivity contribution is 0.108. The van der Waals surface area contributed by atoms with Crippen LogP contribution in [0.4, 0.5) is 0 Å². The summed E-state index contributed by atoms with van der Waals surface area (Å²) >= 11 is 0. The SMILES string of the molecule is CC(C)COCCCNS(=O)(=O)N1CCC(CN)CC1. The van der Waals surface area contributed by atoms with E-state index in [1.807, 2.05) is 0 Å². The van der Waals surface area contributed by atoms with Crippen LogP contribution < -0.4 is 10.5 Å². The van der Waals surface area contributed by atoms with Crippen LogP contribution in [-0.2, 0) is 14.9 Å². The van der Waals surface area contributed by atoms with E-state index in [9.17, 15) is 8.42 Å². The van der Waals surface area contributed by atoms with Crippen LogP contribution in [0.5, 0.6) is 0 Å². The van der Waals surface area contributed by atoms with Gasteiger partial charge in [-0.15, -0.1) is 0 Å². The molecule has 0 bridgehead atoms. The van der Waals surface area contributed by atoms with Crippen molar-refractivity contribution in [3.63, 3.8) is 0 Å². The molecule has 0 atom stereocenters. The van der Waals surface area contributed by atoms with Crippen molar-refractivity contribution in [3.05, 3.63) is 0 Å². The second-order valence-corrected chi connectivity index (χ2v) is 7.56. The number of ether oxygens (including phenoxy) is 1. The van der Waals surface area contributed by atoms with Gasteiger partial charge in [0, 0.05) is 32.8 Å². The first-order chi connectivity index (χ1) is 9.45. The predicted octanol–water partition coefficient (Wildman–Crippen LogP) is 0.554. The average molecular weight is 307 g/mol. The maximum Gasteiger partial charge on any atom is 0.279 e. The molecule has 1 fully saturated rings. The maximum atomic E-state index is 12.1. The second kappa shape index (κ2) is 8.94. The quantitative estimate of drug-likeness (QED) is 0.609. The van der Waals surface area contributed by atoms with E-state index >= 15 is 0 Å². The van der Waals surface area contributed by atoms with Crippen LogP contribution in [0.25, 0.3) is 0 Å². The van der Waals surface area contributed by atoms with Crippen LogP contribution in [-0.4, -0.2) is 52.1 Å². The standard InChI is InChI=1S/C13H29N3O3S/c1-12(2)11-19-9-3-6-15-20(17,18)16-7-4-13(10-14)5-8-16/h12-13,15H,3-11,14H2,1-2H3. The Hall–Kier alpha value is -0.210. The Balaban J connectivity index is 2.18. The number of rotatable bonds is 9. The van der Waals surface area contributed by atoms with Crippen molar-refractivity contribution >= 4 is 10.2 Å². The third-order valence-corrected chi connectivity index (χ3v) is 5.06. The van der Waals surface area contributed by atoms with E-state index in [2.05, 4.69) is 18.6 Å². The molecule has 0 aromatic carbocycles. The lowest BCUT2D eigenvalue weighted by Gasteiger charge is -2.30. The van der Waals surface area contributed by atoms with Crippen molar-refractivity contribution in [3.8, 4) is 0 Å². The minimum absolute atomic E-state index is 0.428. The zero-order valence-electron chi connectivity index (χ0n) is 12.7. The maximum absolute atomic E-state index is 12.1. The van der Waals surface area contributed by atoms with Gasteiger partial charge in [0.1, 0.15) is 0 Å². The smallest absolute Gasteiger partial charge is 0.279 e. The van der Waals surface area contributed by atoms with Crippen molar-refractivity contribution in [1.82, 2.24) is 9.03 Å². The van der Waals surface area contributed by atoms with Gasteiger partial charge in [-0.1, -0.05) is 13.8 Å². The topological polar surface area (TPSA) is 84.7 Å². The van der Waals surface area contributed by atoms with Crippen molar-refractivity contribution in [2.24, 2.45) is 17.6 Å². The summed E-state index contributed by atoms with van der Waals surface area (Å²) in [4.78, 5) is 0. The van der Waals surface area contributed by atoms with Crippen molar-refractivity contribution < 1.29 is 13.2 Å². The minimum atomic E-state index is -3.33. The van der Waals surface area contributed by atoms with E-state index < -0.39 is 10.2 Å². The van der Waals surface area contributed by atoms with Crippen LogP contribution in [0, 0.1) is 11.8 Å². The molecule has 0 aromatic heterocycles. The molecule has 7 heteroatoms. The van der Waals surface area contributed by atoms with Gasteiger partial charge in [-0.25, -0.2) is 4.72 Å². The van der Waals surface area contributed by atoms with Gasteiger partial charge in [0.25, 0.3) is 10.2 Å². The zero-order valence-corrected chi connectivity index (χ0v) is 13.5. The molecule has 1 aliphatic rings. The van der Waals surface area contributed by atoms with E-state index in [0.717, 1.165) is 19.4 Å². The average Bonchev–Trinajstić information content (AvgIpc) is 2.42. The molecule has 0 radical (unpaired) electrons. The molecule has 0 saturated carbocycles. The Bertz CT molecular complexity index is 352. The summed E-state index contributed by atoms with van der Waals surface area (Å²) in [7, 11) is -3.33. The van der Waals surface area contributed by atoms with Gasteiger partial charge in [-0.05, 0) is 37.6 Å². The highest BCUT2D eigenvalue weighted by Crippen LogP contribution is 2.17. The van der Waals surface area contributed by atoms with Crippen LogP contribution >= 0.6 is 0 Å².